The minimum absolute atomic E-state index is 0.0610. The molecule has 4 rings (SSSR count). The summed E-state index contributed by atoms with van der Waals surface area (Å²) in [5.74, 6) is 1.41. The number of hydrogen-bond donors (Lipinski definition) is 1. The van der Waals surface area contributed by atoms with Crippen molar-refractivity contribution < 1.29 is 14.3 Å². The van der Waals surface area contributed by atoms with Crippen LogP contribution >= 0.6 is 0 Å². The predicted molar refractivity (Wildman–Crippen MR) is 121 cm³/mol. The van der Waals surface area contributed by atoms with Crippen molar-refractivity contribution in [3.63, 3.8) is 0 Å². The van der Waals surface area contributed by atoms with E-state index in [4.69, 9.17) is 4.74 Å². The van der Waals surface area contributed by atoms with Gasteiger partial charge in [-0.3, -0.25) is 25.0 Å². The van der Waals surface area contributed by atoms with Gasteiger partial charge in [-0.1, -0.05) is 6.42 Å². The Balaban J connectivity index is 1.38. The van der Waals surface area contributed by atoms with E-state index >= 15 is 0 Å². The van der Waals surface area contributed by atoms with E-state index < -0.39 is 6.03 Å². The normalized spacial score (nSPS) is 17.1. The molecule has 9 nitrogen and oxygen atoms in total. The molecule has 2 aliphatic rings. The molecule has 2 aromatic heterocycles. The molecule has 1 saturated carbocycles. The SMILES string of the molecule is C=NN(C)/C=C(\C)c1cc(Oc2ccc(NC(=O)N3CCC4(CCC4)C3=O)nc2)ccn1. The van der Waals surface area contributed by atoms with E-state index in [1.54, 1.807) is 36.5 Å². The smallest absolute Gasteiger partial charge is 0.329 e. The Morgan fingerprint density at radius 1 is 1.28 bits per heavy atom. The summed E-state index contributed by atoms with van der Waals surface area (Å²) < 4.78 is 5.87. The fourth-order valence-corrected chi connectivity index (χ4v) is 3.99. The number of rotatable bonds is 6. The zero-order chi connectivity index (χ0) is 22.7. The van der Waals surface area contributed by atoms with Gasteiger partial charge in [0.15, 0.2) is 0 Å². The van der Waals surface area contributed by atoms with Gasteiger partial charge in [-0.25, -0.2) is 9.78 Å². The Labute approximate surface area is 186 Å². The van der Waals surface area contributed by atoms with E-state index in [9.17, 15) is 9.59 Å². The van der Waals surface area contributed by atoms with E-state index in [-0.39, 0.29) is 11.3 Å². The van der Waals surface area contributed by atoms with Gasteiger partial charge >= 0.3 is 6.03 Å². The second kappa shape index (κ2) is 8.78. The first-order chi connectivity index (χ1) is 15.4. The molecule has 1 saturated heterocycles. The van der Waals surface area contributed by atoms with Crippen LogP contribution in [-0.4, -0.2) is 52.1 Å². The number of pyridine rings is 2. The number of nitrogens with one attached hydrogen (secondary N) is 1. The number of likely N-dealkylation sites (tertiary alicyclic amines) is 1. The van der Waals surface area contributed by atoms with Crippen molar-refractivity contribution >= 4 is 30.0 Å². The standard InChI is InChI=1S/C23H26N6O3/c1-16(15-28(3)24-2)19-13-17(7-11-25-19)32-18-5-6-20(26-14-18)27-22(31)29-12-10-23(21(29)30)8-4-9-23/h5-7,11,13-15H,2,4,8-10,12H2,1,3H3,(H,26,27,31)/b16-15+. The molecule has 0 unspecified atom stereocenters. The molecule has 0 radical (unpaired) electrons. The number of ether oxygens (including phenoxy) is 1. The van der Waals surface area contributed by atoms with E-state index in [1.807, 2.05) is 19.2 Å². The van der Waals surface area contributed by atoms with Gasteiger partial charge in [-0.15, -0.1) is 0 Å². The van der Waals surface area contributed by atoms with Crippen molar-refractivity contribution in [2.75, 3.05) is 18.9 Å². The monoisotopic (exact) mass is 434 g/mol. The topological polar surface area (TPSA) is 100 Å². The average Bonchev–Trinajstić information content (AvgIpc) is 3.13. The molecule has 1 N–H and O–H groups in total. The van der Waals surface area contributed by atoms with Crippen LogP contribution in [0.2, 0.25) is 0 Å². The van der Waals surface area contributed by atoms with Crippen LogP contribution in [0.25, 0.3) is 5.57 Å². The first-order valence-electron chi connectivity index (χ1n) is 10.5. The number of allylic oxidation sites excluding steroid dienone is 1. The van der Waals surface area contributed by atoms with E-state index in [0.29, 0.717) is 23.9 Å². The Hall–Kier alpha value is -3.75. The molecule has 3 heterocycles. The van der Waals surface area contributed by atoms with Crippen LogP contribution in [0.3, 0.4) is 0 Å². The molecule has 166 valence electrons. The Morgan fingerprint density at radius 3 is 2.72 bits per heavy atom. The Kier molecular flexibility index (Phi) is 5.89. The number of carbonyl (C=O) groups is 2. The lowest BCUT2D eigenvalue weighted by molar-refractivity contribution is -0.137. The highest BCUT2D eigenvalue weighted by molar-refractivity contribution is 6.04. The lowest BCUT2D eigenvalue weighted by atomic mass is 9.68. The highest BCUT2D eigenvalue weighted by Gasteiger charge is 2.52. The van der Waals surface area contributed by atoms with Crippen LogP contribution in [0.1, 0.15) is 38.3 Å². The molecule has 2 aromatic rings. The van der Waals surface area contributed by atoms with Crippen LogP contribution < -0.4 is 10.1 Å². The number of hydrazone groups is 1. The quantitative estimate of drug-likeness (QED) is 0.542. The van der Waals surface area contributed by atoms with Crippen LogP contribution in [0, 0.1) is 5.41 Å². The van der Waals surface area contributed by atoms with E-state index in [0.717, 1.165) is 37.0 Å². The molecule has 0 bridgehead atoms. The summed E-state index contributed by atoms with van der Waals surface area (Å²) in [5.41, 5.74) is 1.35. The summed E-state index contributed by atoms with van der Waals surface area (Å²) in [7, 11) is 1.79. The second-order valence-corrected chi connectivity index (χ2v) is 8.16. The number of aromatic nitrogens is 2. The summed E-state index contributed by atoms with van der Waals surface area (Å²) in [5, 5.41) is 8.11. The van der Waals surface area contributed by atoms with Gasteiger partial charge in [-0.2, -0.15) is 5.10 Å². The first kappa shape index (κ1) is 21.5. The van der Waals surface area contributed by atoms with Crippen molar-refractivity contribution in [1.29, 1.82) is 0 Å². The number of imide groups is 1. The highest BCUT2D eigenvalue weighted by atomic mass is 16.5. The average molecular weight is 435 g/mol. The number of hydrogen-bond acceptors (Lipinski definition) is 7. The molecule has 1 spiro atoms. The molecule has 3 amide bonds. The summed E-state index contributed by atoms with van der Waals surface area (Å²) >= 11 is 0. The van der Waals surface area contributed by atoms with Crippen molar-refractivity contribution in [1.82, 2.24) is 19.9 Å². The predicted octanol–water partition coefficient (Wildman–Crippen LogP) is 4.11. The molecule has 0 aromatic carbocycles. The summed E-state index contributed by atoms with van der Waals surface area (Å²) in [6.45, 7) is 5.86. The minimum Gasteiger partial charge on any atom is -0.456 e. The Morgan fingerprint density at radius 2 is 2.09 bits per heavy atom. The van der Waals surface area contributed by atoms with Crippen molar-refractivity contribution in [3.05, 3.63) is 48.6 Å². The molecule has 1 aliphatic carbocycles. The molecular formula is C23H26N6O3. The fourth-order valence-electron chi connectivity index (χ4n) is 3.99. The van der Waals surface area contributed by atoms with Gasteiger partial charge in [0.1, 0.15) is 17.3 Å². The number of anilines is 1. The van der Waals surface area contributed by atoms with Crippen LogP contribution in [0.5, 0.6) is 11.5 Å². The second-order valence-electron chi connectivity index (χ2n) is 8.16. The maximum absolute atomic E-state index is 12.6. The van der Waals surface area contributed by atoms with E-state index in [2.05, 4.69) is 27.1 Å². The largest absolute Gasteiger partial charge is 0.456 e. The first-order valence-corrected chi connectivity index (χ1v) is 10.5. The maximum Gasteiger partial charge on any atom is 0.329 e. The third kappa shape index (κ3) is 4.32. The molecule has 1 aliphatic heterocycles. The van der Waals surface area contributed by atoms with Gasteiger partial charge in [0.25, 0.3) is 0 Å². The zero-order valence-corrected chi connectivity index (χ0v) is 18.2. The summed E-state index contributed by atoms with van der Waals surface area (Å²) in [4.78, 5) is 35.0. The lowest BCUT2D eigenvalue weighted by Gasteiger charge is -2.35. The van der Waals surface area contributed by atoms with Crippen LogP contribution in [-0.2, 0) is 4.79 Å². The van der Waals surface area contributed by atoms with Gasteiger partial charge in [0, 0.05) is 38.8 Å². The van der Waals surface area contributed by atoms with Crippen LogP contribution in [0.4, 0.5) is 10.6 Å². The molecule has 9 heteroatoms. The van der Waals surface area contributed by atoms with Crippen molar-refractivity contribution in [3.8, 4) is 11.5 Å². The zero-order valence-electron chi connectivity index (χ0n) is 18.2. The molecular weight excluding hydrogens is 408 g/mol. The number of urea groups is 1. The van der Waals surface area contributed by atoms with Crippen LogP contribution in [0.15, 0.2) is 48.0 Å². The molecule has 32 heavy (non-hydrogen) atoms. The summed E-state index contributed by atoms with van der Waals surface area (Å²) in [6.07, 6.45) is 8.57. The number of amides is 3. The fraction of sp³-hybridized carbons (Fsp3) is 0.348. The van der Waals surface area contributed by atoms with Gasteiger partial charge in [0.05, 0.1) is 17.3 Å². The molecule has 2 fully saturated rings. The number of nitrogens with zero attached hydrogens (tertiary/aromatic N) is 5. The summed E-state index contributed by atoms with van der Waals surface area (Å²) in [6, 6.07) is 6.48. The number of carbonyl (C=O) groups excluding carboxylic acids is 2. The van der Waals surface area contributed by atoms with Crippen molar-refractivity contribution in [2.24, 2.45) is 10.5 Å². The Bertz CT molecular complexity index is 1060. The maximum atomic E-state index is 12.6. The minimum atomic E-state index is -0.431. The van der Waals surface area contributed by atoms with Crippen molar-refractivity contribution in [2.45, 2.75) is 32.6 Å². The highest BCUT2D eigenvalue weighted by Crippen LogP contribution is 2.49. The van der Waals surface area contributed by atoms with Gasteiger partial charge in [0.2, 0.25) is 5.91 Å². The van der Waals surface area contributed by atoms with Gasteiger partial charge < -0.3 is 4.74 Å². The molecule has 0 atom stereocenters. The lowest BCUT2D eigenvalue weighted by Crippen LogP contribution is -2.43. The van der Waals surface area contributed by atoms with E-state index in [1.165, 1.54) is 11.1 Å². The van der Waals surface area contributed by atoms with Gasteiger partial charge in [-0.05, 0) is 50.0 Å². The third-order valence-corrected chi connectivity index (χ3v) is 6.01. The third-order valence-electron chi connectivity index (χ3n) is 6.01.